The van der Waals surface area contributed by atoms with E-state index in [-0.39, 0.29) is 11.8 Å². The smallest absolute Gasteiger partial charge is 0.152 e. The molecule has 0 radical (unpaired) electrons. The molecule has 1 rings (SSSR count). The fraction of sp³-hybridized carbons (Fsp3) is 0.900. The van der Waals surface area contributed by atoms with Crippen LogP contribution in [0.4, 0.5) is 0 Å². The summed E-state index contributed by atoms with van der Waals surface area (Å²) in [5.74, 6) is 1.57. The van der Waals surface area contributed by atoms with Crippen molar-refractivity contribution in [1.82, 2.24) is 5.32 Å². The van der Waals surface area contributed by atoms with Gasteiger partial charge >= 0.3 is 0 Å². The van der Waals surface area contributed by atoms with Crippen LogP contribution in [0.1, 0.15) is 32.6 Å². The summed E-state index contributed by atoms with van der Waals surface area (Å²) in [6, 6.07) is 0.0381. The van der Waals surface area contributed by atoms with Crippen molar-refractivity contribution in [2.24, 2.45) is 0 Å². The average molecular weight is 281 g/mol. The first-order chi connectivity index (χ1) is 7.53. The molecule has 0 saturated carbocycles. The number of unbranched alkanes of at least 4 members (excludes halogenated alkanes) is 2. The van der Waals surface area contributed by atoms with Gasteiger partial charge in [0.1, 0.15) is 4.32 Å². The van der Waals surface area contributed by atoms with Crippen molar-refractivity contribution in [2.45, 2.75) is 38.6 Å². The van der Waals surface area contributed by atoms with Gasteiger partial charge in [-0.25, -0.2) is 8.42 Å². The molecule has 1 saturated heterocycles. The Morgan fingerprint density at radius 2 is 2.25 bits per heavy atom. The summed E-state index contributed by atoms with van der Waals surface area (Å²) >= 11 is 6.80. The van der Waals surface area contributed by atoms with Gasteiger partial charge in [0.15, 0.2) is 9.84 Å². The predicted octanol–water partition coefficient (Wildman–Crippen LogP) is 1.97. The van der Waals surface area contributed by atoms with Gasteiger partial charge in [0.05, 0.1) is 11.5 Å². The van der Waals surface area contributed by atoms with Gasteiger partial charge in [-0.15, -0.1) is 0 Å². The Morgan fingerprint density at radius 3 is 2.81 bits per heavy atom. The Hall–Kier alpha value is 0.190. The van der Waals surface area contributed by atoms with E-state index < -0.39 is 9.84 Å². The highest BCUT2D eigenvalue weighted by Gasteiger charge is 2.28. The lowest BCUT2D eigenvalue weighted by Gasteiger charge is -2.12. The normalized spacial score (nSPS) is 23.2. The Kier molecular flexibility index (Phi) is 6.07. The van der Waals surface area contributed by atoms with E-state index in [1.807, 2.05) is 0 Å². The predicted molar refractivity (Wildman–Crippen MR) is 74.8 cm³/mol. The van der Waals surface area contributed by atoms with Crippen molar-refractivity contribution >= 4 is 38.1 Å². The molecule has 0 aromatic carbocycles. The van der Waals surface area contributed by atoms with E-state index >= 15 is 0 Å². The van der Waals surface area contributed by atoms with E-state index in [2.05, 4.69) is 12.2 Å². The van der Waals surface area contributed by atoms with Gasteiger partial charge in [0.25, 0.3) is 0 Å². The van der Waals surface area contributed by atoms with Crippen molar-refractivity contribution in [3.05, 3.63) is 0 Å². The molecular formula is C10H19NO2S3. The summed E-state index contributed by atoms with van der Waals surface area (Å²) in [5, 5.41) is 3.13. The molecule has 0 bridgehead atoms. The molecule has 94 valence electrons. The van der Waals surface area contributed by atoms with Crippen LogP contribution in [0.2, 0.25) is 0 Å². The molecule has 1 fully saturated rings. The number of hydrogen-bond donors (Lipinski definition) is 1. The summed E-state index contributed by atoms with van der Waals surface area (Å²) in [4.78, 5) is 0. The van der Waals surface area contributed by atoms with Gasteiger partial charge in [0.2, 0.25) is 0 Å². The van der Waals surface area contributed by atoms with Crippen LogP contribution >= 0.6 is 24.0 Å². The summed E-state index contributed by atoms with van der Waals surface area (Å²) in [6.07, 6.45) is 4.30. The second-order valence-electron chi connectivity index (χ2n) is 4.09. The third-order valence-corrected chi connectivity index (χ3v) is 5.65. The van der Waals surface area contributed by atoms with Crippen molar-refractivity contribution < 1.29 is 8.42 Å². The summed E-state index contributed by atoms with van der Waals surface area (Å²) < 4.78 is 23.2. The zero-order chi connectivity index (χ0) is 12.0. The number of thioether (sulfide) groups is 1. The molecule has 0 aromatic rings. The first-order valence-electron chi connectivity index (χ1n) is 5.67. The Morgan fingerprint density at radius 1 is 1.50 bits per heavy atom. The van der Waals surface area contributed by atoms with Crippen LogP contribution in [-0.2, 0) is 9.84 Å². The molecule has 0 aromatic heterocycles. The second-order valence-corrected chi connectivity index (χ2v) is 8.09. The molecule has 1 N–H and O–H groups in total. The number of nitrogens with one attached hydrogen (secondary N) is 1. The summed E-state index contributed by atoms with van der Waals surface area (Å²) in [5.41, 5.74) is 0. The van der Waals surface area contributed by atoms with Gasteiger partial charge in [-0.1, -0.05) is 43.7 Å². The topological polar surface area (TPSA) is 46.2 Å². The van der Waals surface area contributed by atoms with Crippen LogP contribution in [0.5, 0.6) is 0 Å². The van der Waals surface area contributed by atoms with Crippen LogP contribution in [0.15, 0.2) is 0 Å². The van der Waals surface area contributed by atoms with Crippen LogP contribution in [0, 0.1) is 0 Å². The molecule has 6 heteroatoms. The Bertz CT molecular complexity index is 327. The lowest BCUT2D eigenvalue weighted by molar-refractivity contribution is 0.600. The molecule has 1 aliphatic rings. The van der Waals surface area contributed by atoms with E-state index in [1.165, 1.54) is 19.3 Å². The quantitative estimate of drug-likeness (QED) is 0.617. The minimum absolute atomic E-state index is 0.0381. The third kappa shape index (κ3) is 5.50. The van der Waals surface area contributed by atoms with E-state index in [4.69, 9.17) is 12.2 Å². The standard InChI is InChI=1S/C10H19NO2S3/c1-2-3-4-6-15-10(14)11-9-5-7-16(12,13)8-9/h9H,2-8H2,1H3,(H,11,14). The maximum atomic E-state index is 11.2. The molecule has 1 aliphatic heterocycles. The molecule has 0 amide bonds. The molecule has 1 unspecified atom stereocenters. The minimum atomic E-state index is -2.80. The molecule has 3 nitrogen and oxygen atoms in total. The highest BCUT2D eigenvalue weighted by atomic mass is 32.2. The second kappa shape index (κ2) is 6.81. The fourth-order valence-electron chi connectivity index (χ4n) is 1.63. The first kappa shape index (κ1) is 14.3. The zero-order valence-electron chi connectivity index (χ0n) is 9.57. The molecule has 0 aliphatic carbocycles. The van der Waals surface area contributed by atoms with Gasteiger partial charge in [-0.3, -0.25) is 0 Å². The van der Waals surface area contributed by atoms with Crippen LogP contribution in [0.25, 0.3) is 0 Å². The van der Waals surface area contributed by atoms with E-state index in [0.717, 1.165) is 10.1 Å². The van der Waals surface area contributed by atoms with Gasteiger partial charge in [0, 0.05) is 11.8 Å². The Labute approximate surface area is 108 Å². The monoisotopic (exact) mass is 281 g/mol. The van der Waals surface area contributed by atoms with E-state index in [9.17, 15) is 8.42 Å². The highest BCUT2D eigenvalue weighted by molar-refractivity contribution is 8.22. The highest BCUT2D eigenvalue weighted by Crippen LogP contribution is 2.14. The molecule has 16 heavy (non-hydrogen) atoms. The zero-order valence-corrected chi connectivity index (χ0v) is 12.0. The Balaban J connectivity index is 2.15. The lowest BCUT2D eigenvalue weighted by atomic mass is 10.3. The maximum absolute atomic E-state index is 11.2. The number of hydrogen-bond acceptors (Lipinski definition) is 4. The minimum Gasteiger partial charge on any atom is -0.367 e. The van der Waals surface area contributed by atoms with E-state index in [1.54, 1.807) is 11.8 Å². The SMILES string of the molecule is CCCCCSC(=S)NC1CCS(=O)(=O)C1. The summed E-state index contributed by atoms with van der Waals surface area (Å²) in [6.45, 7) is 2.17. The van der Waals surface area contributed by atoms with Gasteiger partial charge in [-0.05, 0) is 12.8 Å². The molecule has 1 atom stereocenters. The number of sulfone groups is 1. The number of rotatable bonds is 5. The summed E-state index contributed by atoms with van der Waals surface area (Å²) in [7, 11) is -2.80. The van der Waals surface area contributed by atoms with Gasteiger partial charge < -0.3 is 5.32 Å². The average Bonchev–Trinajstić information content (AvgIpc) is 2.53. The van der Waals surface area contributed by atoms with Crippen LogP contribution in [-0.4, -0.2) is 36.0 Å². The van der Waals surface area contributed by atoms with Crippen LogP contribution < -0.4 is 5.32 Å². The van der Waals surface area contributed by atoms with Crippen LogP contribution in [0.3, 0.4) is 0 Å². The lowest BCUT2D eigenvalue weighted by Crippen LogP contribution is -2.32. The largest absolute Gasteiger partial charge is 0.367 e. The van der Waals surface area contributed by atoms with Crippen molar-refractivity contribution in [3.8, 4) is 0 Å². The number of thiocarbonyl (C=S) groups is 1. The van der Waals surface area contributed by atoms with Crippen molar-refractivity contribution in [2.75, 3.05) is 17.3 Å². The molecule has 1 heterocycles. The third-order valence-electron chi connectivity index (χ3n) is 2.54. The fourth-order valence-corrected chi connectivity index (χ4v) is 4.51. The maximum Gasteiger partial charge on any atom is 0.152 e. The molecular weight excluding hydrogens is 262 g/mol. The first-order valence-corrected chi connectivity index (χ1v) is 8.89. The molecule has 0 spiro atoms. The van der Waals surface area contributed by atoms with Crippen molar-refractivity contribution in [3.63, 3.8) is 0 Å². The van der Waals surface area contributed by atoms with Crippen molar-refractivity contribution in [1.29, 1.82) is 0 Å². The van der Waals surface area contributed by atoms with E-state index in [0.29, 0.717) is 12.2 Å². The van der Waals surface area contributed by atoms with Gasteiger partial charge in [-0.2, -0.15) is 0 Å².